The summed E-state index contributed by atoms with van der Waals surface area (Å²) in [4.78, 5) is 8.81. The number of aryl methyl sites for hydroxylation is 1. The van der Waals surface area contributed by atoms with Crippen LogP contribution in [0.1, 0.15) is 31.4 Å². The van der Waals surface area contributed by atoms with Gasteiger partial charge in [-0.2, -0.15) is 18.3 Å². The van der Waals surface area contributed by atoms with Crippen molar-refractivity contribution in [1.29, 1.82) is 0 Å². The number of aliphatic hydroxyl groups excluding tert-OH is 1. The van der Waals surface area contributed by atoms with Crippen LogP contribution in [0.5, 0.6) is 0 Å². The molecule has 1 N–H and O–H groups in total. The van der Waals surface area contributed by atoms with Gasteiger partial charge in [0.2, 0.25) is 0 Å². The highest BCUT2D eigenvalue weighted by molar-refractivity contribution is 5.83. The molecule has 0 atom stereocenters. The first-order valence-electron chi connectivity index (χ1n) is 8.38. The summed E-state index contributed by atoms with van der Waals surface area (Å²) < 4.78 is 41.6. The highest BCUT2D eigenvalue weighted by Crippen LogP contribution is 2.38. The average molecular weight is 380 g/mol. The van der Waals surface area contributed by atoms with Crippen molar-refractivity contribution in [3.05, 3.63) is 65.5 Å². The van der Waals surface area contributed by atoms with Gasteiger partial charge < -0.3 is 9.90 Å². The van der Waals surface area contributed by atoms with Crippen molar-refractivity contribution in [3.8, 4) is 0 Å². The molecule has 2 aromatic rings. The quantitative estimate of drug-likeness (QED) is 0.778. The molecule has 2 aromatic heterocycles. The van der Waals surface area contributed by atoms with Crippen molar-refractivity contribution in [1.82, 2.24) is 9.61 Å². The second-order valence-corrected chi connectivity index (χ2v) is 5.36. The SMILES string of the molecule is CC=O.CCc1cnn2ccc(C3=CCC=CC=C3C(F)(F)F)cc12.CO. The smallest absolute Gasteiger partial charge is 0.400 e. The van der Waals surface area contributed by atoms with Crippen LogP contribution in [0.4, 0.5) is 13.2 Å². The molecule has 27 heavy (non-hydrogen) atoms. The van der Waals surface area contributed by atoms with Gasteiger partial charge in [0, 0.05) is 13.3 Å². The molecule has 2 heterocycles. The van der Waals surface area contributed by atoms with Crippen molar-refractivity contribution in [2.75, 3.05) is 7.11 Å². The fourth-order valence-corrected chi connectivity index (χ4v) is 2.62. The molecule has 0 aromatic carbocycles. The van der Waals surface area contributed by atoms with Crippen LogP contribution in [-0.2, 0) is 11.2 Å². The van der Waals surface area contributed by atoms with Gasteiger partial charge >= 0.3 is 6.18 Å². The van der Waals surface area contributed by atoms with Gasteiger partial charge in [0.15, 0.2) is 0 Å². The Hall–Kier alpha value is -2.67. The molecule has 0 saturated carbocycles. The van der Waals surface area contributed by atoms with Crippen LogP contribution in [0.15, 0.2) is 54.4 Å². The van der Waals surface area contributed by atoms with Gasteiger partial charge in [-0.05, 0) is 54.7 Å². The van der Waals surface area contributed by atoms with Gasteiger partial charge in [-0.15, -0.1) is 0 Å². The van der Waals surface area contributed by atoms with Gasteiger partial charge in [0.1, 0.15) is 6.29 Å². The number of carbonyl (C=O) groups is 1. The van der Waals surface area contributed by atoms with Crippen LogP contribution >= 0.6 is 0 Å². The molecule has 0 spiro atoms. The monoisotopic (exact) mass is 380 g/mol. The van der Waals surface area contributed by atoms with E-state index < -0.39 is 11.7 Å². The largest absolute Gasteiger partial charge is 0.416 e. The van der Waals surface area contributed by atoms with Crippen molar-refractivity contribution in [2.24, 2.45) is 0 Å². The van der Waals surface area contributed by atoms with Gasteiger partial charge in [-0.1, -0.05) is 25.2 Å². The van der Waals surface area contributed by atoms with E-state index in [2.05, 4.69) is 5.10 Å². The van der Waals surface area contributed by atoms with E-state index >= 15 is 0 Å². The summed E-state index contributed by atoms with van der Waals surface area (Å²) in [5.74, 6) is 0. The lowest BCUT2D eigenvalue weighted by molar-refractivity contribution is -0.106. The second kappa shape index (κ2) is 10.5. The van der Waals surface area contributed by atoms with Crippen molar-refractivity contribution < 1.29 is 23.1 Å². The van der Waals surface area contributed by atoms with Crippen molar-refractivity contribution in [2.45, 2.75) is 32.9 Å². The third-order valence-corrected chi connectivity index (χ3v) is 3.75. The van der Waals surface area contributed by atoms with E-state index in [0.717, 1.165) is 37.0 Å². The fraction of sp³-hybridized carbons (Fsp3) is 0.300. The summed E-state index contributed by atoms with van der Waals surface area (Å²) in [7, 11) is 1.00. The topological polar surface area (TPSA) is 54.6 Å². The lowest BCUT2D eigenvalue weighted by Crippen LogP contribution is -2.13. The molecule has 7 heteroatoms. The van der Waals surface area contributed by atoms with Gasteiger partial charge in [0.25, 0.3) is 0 Å². The Morgan fingerprint density at radius 3 is 2.59 bits per heavy atom. The van der Waals surface area contributed by atoms with Crippen LogP contribution in [-0.4, -0.2) is 34.3 Å². The Kier molecular flexibility index (Phi) is 8.68. The van der Waals surface area contributed by atoms with E-state index in [9.17, 15) is 13.2 Å². The van der Waals surface area contributed by atoms with Crippen LogP contribution in [0, 0.1) is 0 Å². The number of aliphatic hydroxyl groups is 1. The van der Waals surface area contributed by atoms with Gasteiger partial charge in [0.05, 0.1) is 17.3 Å². The Morgan fingerprint density at radius 1 is 1.33 bits per heavy atom. The Labute approximate surface area is 156 Å². The van der Waals surface area contributed by atoms with E-state index in [0.29, 0.717) is 12.0 Å². The number of halogens is 3. The summed E-state index contributed by atoms with van der Waals surface area (Å²) in [6, 6.07) is 3.46. The van der Waals surface area contributed by atoms with E-state index in [4.69, 9.17) is 9.90 Å². The van der Waals surface area contributed by atoms with Crippen LogP contribution in [0.2, 0.25) is 0 Å². The van der Waals surface area contributed by atoms with Crippen LogP contribution in [0.3, 0.4) is 0 Å². The molecule has 146 valence electrons. The molecule has 0 amide bonds. The first-order chi connectivity index (χ1) is 12.9. The zero-order valence-corrected chi connectivity index (χ0v) is 15.5. The number of aromatic nitrogens is 2. The zero-order chi connectivity index (χ0) is 20.4. The number of nitrogens with zero attached hydrogens (tertiary/aromatic N) is 2. The number of carbonyl (C=O) groups excluding carboxylic acids is 1. The van der Waals surface area contributed by atoms with E-state index in [-0.39, 0.29) is 5.57 Å². The molecule has 1 aliphatic rings. The third-order valence-electron chi connectivity index (χ3n) is 3.75. The third kappa shape index (κ3) is 5.65. The minimum atomic E-state index is -4.37. The number of aldehydes is 1. The molecule has 0 bridgehead atoms. The van der Waals surface area contributed by atoms with Crippen molar-refractivity contribution in [3.63, 3.8) is 0 Å². The number of alkyl halides is 3. The fourth-order valence-electron chi connectivity index (χ4n) is 2.62. The van der Waals surface area contributed by atoms with Crippen LogP contribution in [0.25, 0.3) is 11.1 Å². The molecule has 0 unspecified atom stereocenters. The van der Waals surface area contributed by atoms with Crippen LogP contribution < -0.4 is 0 Å². The molecule has 0 radical (unpaired) electrons. The number of rotatable bonds is 2. The number of fused-ring (bicyclic) bond motifs is 1. The second-order valence-electron chi connectivity index (χ2n) is 5.36. The predicted molar refractivity (Wildman–Crippen MR) is 100 cm³/mol. The maximum Gasteiger partial charge on any atom is 0.416 e. The van der Waals surface area contributed by atoms with Crippen molar-refractivity contribution >= 4 is 17.4 Å². The number of hydrogen-bond donors (Lipinski definition) is 1. The van der Waals surface area contributed by atoms with E-state index in [1.165, 1.54) is 13.0 Å². The first-order valence-corrected chi connectivity index (χ1v) is 8.38. The normalized spacial score (nSPS) is 13.4. The van der Waals surface area contributed by atoms with E-state index in [1.54, 1.807) is 41.2 Å². The average Bonchev–Trinajstić information content (AvgIpc) is 2.88. The highest BCUT2D eigenvalue weighted by atomic mass is 19.4. The lowest BCUT2D eigenvalue weighted by Gasteiger charge is -2.15. The molecular formula is C20H23F3N2O2. The maximum atomic E-state index is 13.3. The van der Waals surface area contributed by atoms with E-state index in [1.807, 2.05) is 6.92 Å². The summed E-state index contributed by atoms with van der Waals surface area (Å²) in [5.41, 5.74) is 2.05. The molecule has 4 nitrogen and oxygen atoms in total. The number of pyridine rings is 1. The van der Waals surface area contributed by atoms with Gasteiger partial charge in [-0.3, -0.25) is 0 Å². The Balaban J connectivity index is 0.000000665. The first kappa shape index (κ1) is 22.4. The summed E-state index contributed by atoms with van der Waals surface area (Å²) in [6.07, 6.45) is 7.04. The Bertz CT molecular complexity index is 847. The van der Waals surface area contributed by atoms with Gasteiger partial charge in [-0.25, -0.2) is 4.52 Å². The predicted octanol–water partition coefficient (Wildman–Crippen LogP) is 4.54. The molecule has 0 fully saturated rings. The minimum absolute atomic E-state index is 0.225. The summed E-state index contributed by atoms with van der Waals surface area (Å²) in [6.45, 7) is 3.44. The molecule has 3 rings (SSSR count). The number of allylic oxidation sites excluding steroid dienone is 6. The standard InChI is InChI=1S/C17H15F3N2.C2H4O.CH4O/c1-2-12-11-21-22-9-8-13(10-16(12)22)14-6-4-3-5-7-15(14)17(18,19)20;1-2-3;1-2/h3,5-11H,2,4H2,1H3;2H,1H3;2H,1H3. The molecule has 1 aliphatic carbocycles. The summed E-state index contributed by atoms with van der Waals surface area (Å²) in [5, 5.41) is 11.2. The maximum absolute atomic E-state index is 13.3. The molecule has 0 saturated heterocycles. The lowest BCUT2D eigenvalue weighted by atomic mass is 9.97. The summed E-state index contributed by atoms with van der Waals surface area (Å²) >= 11 is 0. The number of hydrogen-bond acceptors (Lipinski definition) is 3. The zero-order valence-electron chi connectivity index (χ0n) is 15.5. The minimum Gasteiger partial charge on any atom is -0.400 e. The highest BCUT2D eigenvalue weighted by Gasteiger charge is 2.36. The Morgan fingerprint density at radius 2 is 2.00 bits per heavy atom. The molecule has 0 aliphatic heterocycles. The molecular weight excluding hydrogens is 357 g/mol.